The second kappa shape index (κ2) is 6.04. The molecule has 0 radical (unpaired) electrons. The molecule has 0 bridgehead atoms. The number of carbonyl (C=O) groups excluding carboxylic acids is 1. The molecule has 19 heavy (non-hydrogen) atoms. The summed E-state index contributed by atoms with van der Waals surface area (Å²) in [5.74, 6) is -0.0760. The number of amides is 1. The van der Waals surface area contributed by atoms with Crippen LogP contribution in [0.4, 0.5) is 5.69 Å². The van der Waals surface area contributed by atoms with Crippen LogP contribution in [0, 0.1) is 5.41 Å². The zero-order chi connectivity index (χ0) is 13.7. The van der Waals surface area contributed by atoms with Gasteiger partial charge in [0.05, 0.1) is 0 Å². The SMILES string of the molecule is CCNc1ccnc(C(=O)NCC2(C)CCCC2)c1. The summed E-state index contributed by atoms with van der Waals surface area (Å²) < 4.78 is 0. The Balaban J connectivity index is 1.93. The Kier molecular flexibility index (Phi) is 4.40. The van der Waals surface area contributed by atoms with Crippen LogP contribution < -0.4 is 10.6 Å². The van der Waals surface area contributed by atoms with Gasteiger partial charge in [-0.15, -0.1) is 0 Å². The molecule has 0 aromatic carbocycles. The molecule has 0 atom stereocenters. The van der Waals surface area contributed by atoms with E-state index in [4.69, 9.17) is 0 Å². The molecule has 0 spiro atoms. The van der Waals surface area contributed by atoms with Crippen LogP contribution in [0.2, 0.25) is 0 Å². The quantitative estimate of drug-likeness (QED) is 0.857. The molecule has 2 rings (SSSR count). The average Bonchev–Trinajstić information content (AvgIpc) is 2.84. The van der Waals surface area contributed by atoms with Crippen molar-refractivity contribution in [3.8, 4) is 0 Å². The summed E-state index contributed by atoms with van der Waals surface area (Å²) in [7, 11) is 0. The number of nitrogens with one attached hydrogen (secondary N) is 2. The van der Waals surface area contributed by atoms with Crippen LogP contribution in [0.3, 0.4) is 0 Å². The van der Waals surface area contributed by atoms with E-state index in [0.717, 1.165) is 18.8 Å². The lowest BCUT2D eigenvalue weighted by Crippen LogP contribution is -2.34. The van der Waals surface area contributed by atoms with Crippen molar-refractivity contribution in [3.05, 3.63) is 24.0 Å². The zero-order valence-electron chi connectivity index (χ0n) is 11.8. The van der Waals surface area contributed by atoms with E-state index >= 15 is 0 Å². The normalized spacial score (nSPS) is 17.2. The van der Waals surface area contributed by atoms with Gasteiger partial charge in [-0.1, -0.05) is 19.8 Å². The van der Waals surface area contributed by atoms with Crippen LogP contribution in [0.5, 0.6) is 0 Å². The fraction of sp³-hybridized carbons (Fsp3) is 0.600. The minimum Gasteiger partial charge on any atom is -0.385 e. The van der Waals surface area contributed by atoms with Gasteiger partial charge in [-0.3, -0.25) is 9.78 Å². The minimum absolute atomic E-state index is 0.0760. The largest absolute Gasteiger partial charge is 0.385 e. The highest BCUT2D eigenvalue weighted by atomic mass is 16.1. The predicted octanol–water partition coefficient (Wildman–Crippen LogP) is 2.82. The Morgan fingerprint density at radius 1 is 1.42 bits per heavy atom. The molecule has 1 amide bonds. The van der Waals surface area contributed by atoms with Gasteiger partial charge in [0.25, 0.3) is 5.91 Å². The summed E-state index contributed by atoms with van der Waals surface area (Å²) in [4.78, 5) is 16.2. The smallest absolute Gasteiger partial charge is 0.269 e. The van der Waals surface area contributed by atoms with Crippen molar-refractivity contribution < 1.29 is 4.79 Å². The molecule has 104 valence electrons. The van der Waals surface area contributed by atoms with Gasteiger partial charge in [-0.05, 0) is 37.3 Å². The first kappa shape index (κ1) is 13.8. The average molecular weight is 261 g/mol. The summed E-state index contributed by atoms with van der Waals surface area (Å²) in [5.41, 5.74) is 1.70. The fourth-order valence-electron chi connectivity index (χ4n) is 2.66. The number of hydrogen-bond acceptors (Lipinski definition) is 3. The Hall–Kier alpha value is -1.58. The molecule has 1 aromatic heterocycles. The highest BCUT2D eigenvalue weighted by molar-refractivity contribution is 5.93. The van der Waals surface area contributed by atoms with Gasteiger partial charge in [0.2, 0.25) is 0 Å². The van der Waals surface area contributed by atoms with Crippen molar-refractivity contribution in [3.63, 3.8) is 0 Å². The van der Waals surface area contributed by atoms with Crippen molar-refractivity contribution >= 4 is 11.6 Å². The van der Waals surface area contributed by atoms with Gasteiger partial charge in [-0.2, -0.15) is 0 Å². The Labute approximate surface area is 115 Å². The Morgan fingerprint density at radius 3 is 2.84 bits per heavy atom. The molecule has 1 aliphatic carbocycles. The van der Waals surface area contributed by atoms with Crippen molar-refractivity contribution in [2.24, 2.45) is 5.41 Å². The maximum atomic E-state index is 12.1. The first-order valence-corrected chi connectivity index (χ1v) is 7.11. The fourth-order valence-corrected chi connectivity index (χ4v) is 2.66. The topological polar surface area (TPSA) is 54.0 Å². The summed E-state index contributed by atoms with van der Waals surface area (Å²) in [6.45, 7) is 5.87. The molecule has 1 fully saturated rings. The number of anilines is 1. The zero-order valence-corrected chi connectivity index (χ0v) is 11.8. The van der Waals surface area contributed by atoms with E-state index in [9.17, 15) is 4.79 Å². The molecular weight excluding hydrogens is 238 g/mol. The lowest BCUT2D eigenvalue weighted by Gasteiger charge is -2.23. The van der Waals surface area contributed by atoms with E-state index in [1.807, 2.05) is 13.0 Å². The Bertz CT molecular complexity index is 439. The molecule has 0 unspecified atom stereocenters. The molecule has 1 heterocycles. The maximum Gasteiger partial charge on any atom is 0.269 e. The molecule has 1 aromatic rings. The number of pyridine rings is 1. The number of hydrogen-bond donors (Lipinski definition) is 2. The highest BCUT2D eigenvalue weighted by Crippen LogP contribution is 2.36. The lowest BCUT2D eigenvalue weighted by atomic mass is 9.89. The van der Waals surface area contributed by atoms with E-state index in [-0.39, 0.29) is 11.3 Å². The summed E-state index contributed by atoms with van der Waals surface area (Å²) in [6, 6.07) is 3.67. The lowest BCUT2D eigenvalue weighted by molar-refractivity contribution is 0.0929. The minimum atomic E-state index is -0.0760. The summed E-state index contributed by atoms with van der Waals surface area (Å²) >= 11 is 0. The van der Waals surface area contributed by atoms with E-state index in [1.165, 1.54) is 25.7 Å². The maximum absolute atomic E-state index is 12.1. The number of nitrogens with zero attached hydrogens (tertiary/aromatic N) is 1. The van der Waals surface area contributed by atoms with E-state index in [1.54, 1.807) is 12.3 Å². The predicted molar refractivity (Wildman–Crippen MR) is 77.3 cm³/mol. The second-order valence-corrected chi connectivity index (χ2v) is 5.66. The van der Waals surface area contributed by atoms with Crippen LogP contribution in [-0.2, 0) is 0 Å². The van der Waals surface area contributed by atoms with Crippen molar-refractivity contribution in [1.29, 1.82) is 0 Å². The van der Waals surface area contributed by atoms with Crippen LogP contribution in [0.1, 0.15) is 50.0 Å². The molecule has 1 aliphatic rings. The molecule has 1 saturated carbocycles. The van der Waals surface area contributed by atoms with Gasteiger partial charge in [0.1, 0.15) is 5.69 Å². The third-order valence-corrected chi connectivity index (χ3v) is 3.86. The first-order valence-electron chi connectivity index (χ1n) is 7.11. The van der Waals surface area contributed by atoms with Crippen LogP contribution in [0.15, 0.2) is 18.3 Å². The third-order valence-electron chi connectivity index (χ3n) is 3.86. The van der Waals surface area contributed by atoms with E-state index in [0.29, 0.717) is 5.69 Å². The number of rotatable bonds is 5. The van der Waals surface area contributed by atoms with Crippen molar-refractivity contribution in [2.45, 2.75) is 39.5 Å². The molecular formula is C15H23N3O. The summed E-state index contributed by atoms with van der Waals surface area (Å²) in [5, 5.41) is 6.21. The van der Waals surface area contributed by atoms with Crippen LogP contribution in [-0.4, -0.2) is 24.0 Å². The van der Waals surface area contributed by atoms with Crippen molar-refractivity contribution in [1.82, 2.24) is 10.3 Å². The number of aromatic nitrogens is 1. The molecule has 2 N–H and O–H groups in total. The monoisotopic (exact) mass is 261 g/mol. The van der Waals surface area contributed by atoms with Crippen molar-refractivity contribution in [2.75, 3.05) is 18.4 Å². The van der Waals surface area contributed by atoms with Gasteiger partial charge < -0.3 is 10.6 Å². The van der Waals surface area contributed by atoms with E-state index in [2.05, 4.69) is 22.5 Å². The first-order chi connectivity index (χ1) is 9.13. The van der Waals surface area contributed by atoms with E-state index < -0.39 is 0 Å². The van der Waals surface area contributed by atoms with Gasteiger partial charge in [0, 0.05) is 25.0 Å². The molecule has 4 heteroatoms. The highest BCUT2D eigenvalue weighted by Gasteiger charge is 2.29. The molecule has 0 aliphatic heterocycles. The van der Waals surface area contributed by atoms with Gasteiger partial charge in [-0.25, -0.2) is 0 Å². The number of carbonyl (C=O) groups is 1. The van der Waals surface area contributed by atoms with Crippen LogP contribution >= 0.6 is 0 Å². The van der Waals surface area contributed by atoms with Gasteiger partial charge >= 0.3 is 0 Å². The summed E-state index contributed by atoms with van der Waals surface area (Å²) in [6.07, 6.45) is 6.64. The second-order valence-electron chi connectivity index (χ2n) is 5.66. The molecule has 4 nitrogen and oxygen atoms in total. The van der Waals surface area contributed by atoms with Crippen LogP contribution in [0.25, 0.3) is 0 Å². The Morgan fingerprint density at radius 2 is 2.16 bits per heavy atom. The standard InChI is InChI=1S/C15H23N3O/c1-3-16-12-6-9-17-13(10-12)14(19)18-11-15(2)7-4-5-8-15/h6,9-10H,3-5,7-8,11H2,1-2H3,(H,16,17)(H,18,19). The third kappa shape index (κ3) is 3.69. The molecule has 0 saturated heterocycles. The van der Waals surface area contributed by atoms with Gasteiger partial charge in [0.15, 0.2) is 0 Å².